The van der Waals surface area contributed by atoms with Crippen LogP contribution < -0.4 is 0 Å². The van der Waals surface area contributed by atoms with Crippen molar-refractivity contribution >= 4 is 16.0 Å². The molecule has 0 bridgehead atoms. The fourth-order valence-corrected chi connectivity index (χ4v) is 1.27. The van der Waals surface area contributed by atoms with E-state index in [1.165, 1.54) is 5.56 Å². The summed E-state index contributed by atoms with van der Waals surface area (Å²) in [6.45, 7) is 2.78. The van der Waals surface area contributed by atoms with Crippen LogP contribution in [0.2, 0.25) is 0 Å². The van der Waals surface area contributed by atoms with E-state index in [1.807, 2.05) is 31.7 Å². The van der Waals surface area contributed by atoms with Crippen molar-refractivity contribution in [2.24, 2.45) is 0 Å². The summed E-state index contributed by atoms with van der Waals surface area (Å²) in [7, 11) is -2.11. The summed E-state index contributed by atoms with van der Waals surface area (Å²) in [6, 6.07) is 10.5. The molecule has 0 atom stereocenters. The summed E-state index contributed by atoms with van der Waals surface area (Å²) >= 11 is 0. The van der Waals surface area contributed by atoms with Gasteiger partial charge in [0, 0.05) is 0 Å². The van der Waals surface area contributed by atoms with E-state index in [2.05, 4.69) is 24.3 Å². The number of halogens is 3. The van der Waals surface area contributed by atoms with E-state index in [1.54, 1.807) is 0 Å². The summed E-state index contributed by atoms with van der Waals surface area (Å²) < 4.78 is 66.5. The van der Waals surface area contributed by atoms with Crippen LogP contribution in [0.15, 0.2) is 30.3 Å². The zero-order chi connectivity index (χ0) is 18.1. The molecule has 0 aliphatic heterocycles. The highest BCUT2D eigenvalue weighted by atomic mass is 32.2. The van der Waals surface area contributed by atoms with E-state index in [0.717, 1.165) is 25.3 Å². The van der Waals surface area contributed by atoms with Gasteiger partial charge in [-0.3, -0.25) is 0 Å². The molecule has 0 aromatic heterocycles. The Labute approximate surface area is 134 Å². The summed E-state index contributed by atoms with van der Waals surface area (Å²) in [5.41, 5.74) is -4.27. The summed E-state index contributed by atoms with van der Waals surface area (Å²) in [4.78, 5) is 0. The number of benzene rings is 1. The SMILES string of the molecule is CC(OCCCc1ccccc1)=[N+](C)C.O=S(=O)([O-])C(F)(F)F. The molecule has 0 radical (unpaired) electrons. The molecule has 23 heavy (non-hydrogen) atoms. The van der Waals surface area contributed by atoms with Gasteiger partial charge in [-0.05, 0) is 18.4 Å². The van der Waals surface area contributed by atoms with Gasteiger partial charge >= 0.3 is 11.4 Å². The molecule has 0 amide bonds. The van der Waals surface area contributed by atoms with Crippen molar-refractivity contribution in [1.29, 1.82) is 0 Å². The van der Waals surface area contributed by atoms with Gasteiger partial charge in [-0.15, -0.1) is 0 Å². The molecule has 132 valence electrons. The molecule has 0 N–H and O–H groups in total. The number of alkyl halides is 3. The molecule has 0 spiro atoms. The van der Waals surface area contributed by atoms with Crippen molar-refractivity contribution in [2.75, 3.05) is 20.7 Å². The first-order valence-corrected chi connectivity index (χ1v) is 8.05. The molecule has 0 saturated carbocycles. The van der Waals surface area contributed by atoms with Crippen molar-refractivity contribution in [1.82, 2.24) is 0 Å². The first-order valence-electron chi connectivity index (χ1n) is 6.65. The molecule has 1 rings (SSSR count). The molecule has 0 aliphatic rings. The maximum atomic E-state index is 10.7. The second-order valence-electron chi connectivity index (χ2n) is 4.75. The Morgan fingerprint density at radius 2 is 1.70 bits per heavy atom. The van der Waals surface area contributed by atoms with Gasteiger partial charge in [-0.2, -0.15) is 13.2 Å². The highest BCUT2D eigenvalue weighted by Gasteiger charge is 2.36. The van der Waals surface area contributed by atoms with Crippen LogP contribution in [0.4, 0.5) is 13.2 Å². The summed E-state index contributed by atoms with van der Waals surface area (Å²) in [6.07, 6.45) is 2.15. The van der Waals surface area contributed by atoms with Crippen molar-refractivity contribution in [3.63, 3.8) is 0 Å². The third kappa shape index (κ3) is 9.90. The van der Waals surface area contributed by atoms with E-state index in [-0.39, 0.29) is 0 Å². The van der Waals surface area contributed by atoms with Crippen LogP contribution in [0, 0.1) is 0 Å². The number of ether oxygens (including phenoxy) is 1. The molecule has 1 aromatic carbocycles. The van der Waals surface area contributed by atoms with Gasteiger partial charge < -0.3 is 9.29 Å². The highest BCUT2D eigenvalue weighted by molar-refractivity contribution is 7.86. The quantitative estimate of drug-likeness (QED) is 0.208. The molecule has 0 unspecified atom stereocenters. The molecule has 0 fully saturated rings. The Morgan fingerprint density at radius 1 is 1.22 bits per heavy atom. The van der Waals surface area contributed by atoms with Gasteiger partial charge in [0.2, 0.25) is 0 Å². The van der Waals surface area contributed by atoms with Crippen molar-refractivity contribution < 1.29 is 35.5 Å². The molecule has 9 heteroatoms. The van der Waals surface area contributed by atoms with Crippen LogP contribution in [0.5, 0.6) is 0 Å². The fraction of sp³-hybridized carbons (Fsp3) is 0.500. The number of aryl methyl sites for hydroxylation is 1. The predicted molar refractivity (Wildman–Crippen MR) is 79.3 cm³/mol. The number of rotatable bonds is 4. The lowest BCUT2D eigenvalue weighted by atomic mass is 10.1. The van der Waals surface area contributed by atoms with Crippen LogP contribution in [0.25, 0.3) is 0 Å². The van der Waals surface area contributed by atoms with Gasteiger partial charge in [0.1, 0.15) is 14.1 Å². The maximum absolute atomic E-state index is 10.7. The van der Waals surface area contributed by atoms with Gasteiger partial charge in [-0.1, -0.05) is 30.3 Å². The summed E-state index contributed by atoms with van der Waals surface area (Å²) in [5, 5.41) is 0. The largest absolute Gasteiger partial charge is 0.741 e. The fourth-order valence-electron chi connectivity index (χ4n) is 1.27. The van der Waals surface area contributed by atoms with Gasteiger partial charge in [0.25, 0.3) is 0 Å². The third-order valence-corrected chi connectivity index (χ3v) is 3.24. The monoisotopic (exact) mass is 355 g/mol. The van der Waals surface area contributed by atoms with E-state index in [4.69, 9.17) is 17.7 Å². The average molecular weight is 355 g/mol. The third-order valence-electron chi connectivity index (χ3n) is 2.68. The highest BCUT2D eigenvalue weighted by Crippen LogP contribution is 2.20. The van der Waals surface area contributed by atoms with Crippen LogP contribution in [-0.4, -0.2) is 49.7 Å². The lowest BCUT2D eigenvalue weighted by Gasteiger charge is -2.08. The first kappa shape index (κ1) is 21.4. The van der Waals surface area contributed by atoms with Crippen LogP contribution in [0.1, 0.15) is 18.9 Å². The van der Waals surface area contributed by atoms with E-state index in [9.17, 15) is 13.2 Å². The van der Waals surface area contributed by atoms with E-state index < -0.39 is 15.6 Å². The minimum absolute atomic E-state index is 0.791. The Balaban J connectivity index is 0.000000515. The second-order valence-corrected chi connectivity index (χ2v) is 6.12. The van der Waals surface area contributed by atoms with Gasteiger partial charge in [-0.25, -0.2) is 13.0 Å². The van der Waals surface area contributed by atoms with E-state index in [0.29, 0.717) is 0 Å². The minimum Gasteiger partial charge on any atom is -0.741 e. The Kier molecular flexibility index (Phi) is 8.85. The summed E-state index contributed by atoms with van der Waals surface area (Å²) in [5.74, 6) is 0.975. The number of nitrogens with zero attached hydrogens (tertiary/aromatic N) is 1. The standard InChI is InChI=1S/C13H20NO.CHF3O3S/c1-12(14(2)3)15-11-7-10-13-8-5-4-6-9-13;2-1(3,4)8(5,6)7/h4-6,8-9H,7,10-11H2,1-3H3;(H,5,6,7)/q+1;/p-1. The van der Waals surface area contributed by atoms with Crippen molar-refractivity contribution in [2.45, 2.75) is 25.3 Å². The molecular formula is C14H20F3NO4S. The molecule has 5 nitrogen and oxygen atoms in total. The molecular weight excluding hydrogens is 335 g/mol. The van der Waals surface area contributed by atoms with Crippen LogP contribution >= 0.6 is 0 Å². The average Bonchev–Trinajstić information content (AvgIpc) is 2.43. The predicted octanol–water partition coefficient (Wildman–Crippen LogP) is 2.38. The molecule has 0 heterocycles. The normalized spacial score (nSPS) is 11.3. The Morgan fingerprint density at radius 3 is 2.09 bits per heavy atom. The van der Waals surface area contributed by atoms with Crippen LogP contribution in [0.3, 0.4) is 0 Å². The maximum Gasteiger partial charge on any atom is 0.485 e. The van der Waals surface area contributed by atoms with Crippen LogP contribution in [-0.2, 0) is 21.3 Å². The topological polar surface area (TPSA) is 69.4 Å². The molecule has 0 aliphatic carbocycles. The zero-order valence-corrected chi connectivity index (χ0v) is 13.9. The minimum atomic E-state index is -6.09. The lowest BCUT2D eigenvalue weighted by Crippen LogP contribution is -2.21. The second kappa shape index (κ2) is 9.51. The zero-order valence-electron chi connectivity index (χ0n) is 13.1. The number of hydrogen-bond acceptors (Lipinski definition) is 4. The Bertz CT molecular complexity index is 594. The first-order chi connectivity index (χ1) is 10.4. The molecule has 1 aromatic rings. The van der Waals surface area contributed by atoms with Gasteiger partial charge in [0.15, 0.2) is 10.1 Å². The smallest absolute Gasteiger partial charge is 0.485 e. The van der Waals surface area contributed by atoms with Crippen molar-refractivity contribution in [3.05, 3.63) is 35.9 Å². The number of hydrogen-bond donors (Lipinski definition) is 0. The van der Waals surface area contributed by atoms with Gasteiger partial charge in [0.05, 0.1) is 13.5 Å². The molecule has 0 saturated heterocycles. The van der Waals surface area contributed by atoms with E-state index >= 15 is 0 Å². The lowest BCUT2D eigenvalue weighted by molar-refractivity contribution is -0.475. The van der Waals surface area contributed by atoms with Crippen molar-refractivity contribution in [3.8, 4) is 0 Å². The Hall–Kier alpha value is -1.61.